The van der Waals surface area contributed by atoms with Crippen molar-refractivity contribution in [2.75, 3.05) is 47.5 Å². The van der Waals surface area contributed by atoms with Crippen molar-refractivity contribution in [1.82, 2.24) is 0 Å². The predicted molar refractivity (Wildman–Crippen MR) is 221 cm³/mol. The molecule has 320 valence electrons. The number of rotatable bonds is 38. The summed E-state index contributed by atoms with van der Waals surface area (Å²) in [5.74, 6) is -0.875. The van der Waals surface area contributed by atoms with E-state index in [0.29, 0.717) is 36.1 Å². The molecule has 1 saturated heterocycles. The minimum Gasteiger partial charge on any atom is -0.756 e. The van der Waals surface area contributed by atoms with Gasteiger partial charge < -0.3 is 32.6 Å². The van der Waals surface area contributed by atoms with Gasteiger partial charge in [-0.3, -0.25) is 14.2 Å². The molecule has 0 radical (unpaired) electrons. The SMILES string of the molecule is CCCCC/C=C\C/C=C\CCCCCCCC(=O)OC[C@H](COP(=O)([O-])OCC[N+](C)(C)C)OC(=O)CCCCCCCC1OC1C/C=C\CCCCC. The quantitative estimate of drug-likeness (QED) is 0.0150. The van der Waals surface area contributed by atoms with Gasteiger partial charge in [0.05, 0.1) is 40.0 Å². The lowest BCUT2D eigenvalue weighted by Gasteiger charge is -2.28. The van der Waals surface area contributed by atoms with Crippen LogP contribution >= 0.6 is 7.82 Å². The Balaban J connectivity index is 2.31. The standard InChI is InChI=1S/C44H80NO9P/c1-6-8-10-12-14-15-16-17-18-19-20-21-22-26-30-34-43(46)50-38-40(39-52-55(48,49)51-37-36-45(3,4)5)53-44(47)35-31-27-23-25-29-33-42-41(54-42)32-28-24-13-11-9-7-2/h14-15,17-18,24,28,40-42H,6-13,16,19-23,25-27,29-39H2,1-5H3/b15-14-,18-17-,28-24-/t40-,41?,42?/m1/s1. The lowest BCUT2D eigenvalue weighted by atomic mass is 10.1. The molecule has 1 fully saturated rings. The summed E-state index contributed by atoms with van der Waals surface area (Å²) in [4.78, 5) is 37.5. The molecule has 11 heteroatoms. The maximum Gasteiger partial charge on any atom is 0.306 e. The number of epoxide rings is 1. The smallest absolute Gasteiger partial charge is 0.306 e. The second-order valence-corrected chi connectivity index (χ2v) is 17.5. The van der Waals surface area contributed by atoms with Gasteiger partial charge in [-0.2, -0.15) is 0 Å². The molecule has 0 aromatic heterocycles. The van der Waals surface area contributed by atoms with Gasteiger partial charge in [-0.05, 0) is 70.6 Å². The minimum absolute atomic E-state index is 0.0396. The molecule has 1 rings (SSSR count). The Bertz CT molecular complexity index is 1100. The van der Waals surface area contributed by atoms with Crippen molar-refractivity contribution in [3.05, 3.63) is 36.5 Å². The van der Waals surface area contributed by atoms with Gasteiger partial charge in [-0.1, -0.05) is 121 Å². The largest absolute Gasteiger partial charge is 0.756 e. The Labute approximate surface area is 336 Å². The Morgan fingerprint density at radius 2 is 1.22 bits per heavy atom. The fourth-order valence-corrected chi connectivity index (χ4v) is 6.71. The molecule has 0 aliphatic carbocycles. The lowest BCUT2D eigenvalue weighted by Crippen LogP contribution is -2.37. The van der Waals surface area contributed by atoms with Crippen LogP contribution in [0.4, 0.5) is 0 Å². The molecule has 1 aliphatic rings. The molecule has 0 amide bonds. The highest BCUT2D eigenvalue weighted by Crippen LogP contribution is 2.38. The molecule has 1 aliphatic heterocycles. The number of phosphoric ester groups is 1. The summed E-state index contributed by atoms with van der Waals surface area (Å²) in [6.45, 7) is 4.12. The number of carbonyl (C=O) groups is 2. The van der Waals surface area contributed by atoms with Crippen molar-refractivity contribution in [1.29, 1.82) is 0 Å². The van der Waals surface area contributed by atoms with Crippen molar-refractivity contribution >= 4 is 19.8 Å². The first-order valence-corrected chi connectivity index (χ1v) is 23.3. The van der Waals surface area contributed by atoms with Gasteiger partial charge in [0.2, 0.25) is 0 Å². The molecule has 10 nitrogen and oxygen atoms in total. The molecule has 55 heavy (non-hydrogen) atoms. The van der Waals surface area contributed by atoms with Crippen LogP contribution in [0, 0.1) is 0 Å². The van der Waals surface area contributed by atoms with Gasteiger partial charge >= 0.3 is 11.9 Å². The highest BCUT2D eigenvalue weighted by Gasteiger charge is 2.36. The van der Waals surface area contributed by atoms with Gasteiger partial charge in [-0.15, -0.1) is 0 Å². The third-order valence-corrected chi connectivity index (χ3v) is 10.5. The monoisotopic (exact) mass is 798 g/mol. The molecule has 0 N–H and O–H groups in total. The van der Waals surface area contributed by atoms with E-state index in [9.17, 15) is 19.0 Å². The number of hydrogen-bond acceptors (Lipinski definition) is 9. The number of likely N-dealkylation sites (N-methyl/N-ethyl adjacent to an activating group) is 1. The van der Waals surface area contributed by atoms with Crippen LogP contribution < -0.4 is 4.89 Å². The van der Waals surface area contributed by atoms with Crippen LogP contribution in [0.5, 0.6) is 0 Å². The van der Waals surface area contributed by atoms with Crippen LogP contribution in [0.1, 0.15) is 168 Å². The zero-order valence-electron chi connectivity index (χ0n) is 35.6. The Kier molecular flexibility index (Phi) is 30.9. The summed E-state index contributed by atoms with van der Waals surface area (Å²) in [5, 5.41) is 0. The molecule has 0 bridgehead atoms. The van der Waals surface area contributed by atoms with Gasteiger partial charge in [0.15, 0.2) is 6.10 Å². The Hall–Kier alpha value is -1.81. The summed E-state index contributed by atoms with van der Waals surface area (Å²) in [6.07, 6.45) is 37.5. The summed E-state index contributed by atoms with van der Waals surface area (Å²) < 4.78 is 39.7. The predicted octanol–water partition coefficient (Wildman–Crippen LogP) is 10.5. The average molecular weight is 798 g/mol. The van der Waals surface area contributed by atoms with Gasteiger partial charge in [-0.25, -0.2) is 0 Å². The van der Waals surface area contributed by atoms with Crippen molar-refractivity contribution in [3.8, 4) is 0 Å². The number of unbranched alkanes of at least 4 members (excludes halogenated alkanes) is 15. The van der Waals surface area contributed by atoms with Crippen LogP contribution in [-0.2, 0) is 37.4 Å². The molecule has 1 heterocycles. The van der Waals surface area contributed by atoms with Crippen LogP contribution in [0.15, 0.2) is 36.5 Å². The number of nitrogens with zero attached hydrogens (tertiary/aromatic N) is 1. The highest BCUT2D eigenvalue weighted by atomic mass is 31.2. The van der Waals surface area contributed by atoms with E-state index >= 15 is 0 Å². The molecule has 0 aromatic carbocycles. The summed E-state index contributed by atoms with van der Waals surface area (Å²) in [6, 6.07) is 0. The normalized spacial score (nSPS) is 17.6. The lowest BCUT2D eigenvalue weighted by molar-refractivity contribution is -0.870. The Morgan fingerprint density at radius 3 is 1.84 bits per heavy atom. The van der Waals surface area contributed by atoms with Crippen molar-refractivity contribution in [2.24, 2.45) is 0 Å². The second-order valence-electron chi connectivity index (χ2n) is 16.1. The number of quaternary nitrogens is 1. The van der Waals surface area contributed by atoms with E-state index < -0.39 is 32.5 Å². The van der Waals surface area contributed by atoms with E-state index in [2.05, 4.69) is 50.3 Å². The molecular formula is C44H80NO9P. The number of esters is 2. The summed E-state index contributed by atoms with van der Waals surface area (Å²) in [5.41, 5.74) is 0. The molecule has 4 atom stereocenters. The summed E-state index contributed by atoms with van der Waals surface area (Å²) >= 11 is 0. The minimum atomic E-state index is -4.64. The number of allylic oxidation sites excluding steroid dienone is 5. The molecule has 0 saturated carbocycles. The van der Waals surface area contributed by atoms with Gasteiger partial charge in [0.1, 0.15) is 19.8 Å². The second kappa shape index (κ2) is 33.2. The average Bonchev–Trinajstić information content (AvgIpc) is 3.89. The molecule has 0 aromatic rings. The first kappa shape index (κ1) is 51.2. The Morgan fingerprint density at radius 1 is 0.673 bits per heavy atom. The van der Waals surface area contributed by atoms with Crippen LogP contribution in [0.25, 0.3) is 0 Å². The topological polar surface area (TPSA) is 124 Å². The zero-order chi connectivity index (χ0) is 40.5. The highest BCUT2D eigenvalue weighted by molar-refractivity contribution is 7.45. The van der Waals surface area contributed by atoms with E-state index in [-0.39, 0.29) is 26.1 Å². The third kappa shape index (κ3) is 34.0. The fourth-order valence-electron chi connectivity index (χ4n) is 5.98. The van der Waals surface area contributed by atoms with Crippen molar-refractivity contribution < 1.29 is 46.8 Å². The maximum absolute atomic E-state index is 12.7. The first-order valence-electron chi connectivity index (χ1n) is 21.8. The van der Waals surface area contributed by atoms with Crippen LogP contribution in [0.2, 0.25) is 0 Å². The zero-order valence-corrected chi connectivity index (χ0v) is 36.5. The van der Waals surface area contributed by atoms with Gasteiger partial charge in [0, 0.05) is 12.8 Å². The van der Waals surface area contributed by atoms with Crippen molar-refractivity contribution in [3.63, 3.8) is 0 Å². The van der Waals surface area contributed by atoms with E-state index in [4.69, 9.17) is 23.3 Å². The van der Waals surface area contributed by atoms with E-state index in [1.165, 1.54) is 44.9 Å². The maximum atomic E-state index is 12.7. The van der Waals surface area contributed by atoms with Crippen LogP contribution in [-0.4, -0.2) is 82.2 Å². The third-order valence-electron chi connectivity index (χ3n) is 9.56. The number of carbonyl (C=O) groups excluding carboxylic acids is 2. The van der Waals surface area contributed by atoms with Crippen molar-refractivity contribution in [2.45, 2.75) is 186 Å². The number of hydrogen-bond donors (Lipinski definition) is 0. The fraction of sp³-hybridized carbons (Fsp3) is 0.818. The number of phosphoric acid groups is 1. The molecule has 0 spiro atoms. The number of ether oxygens (including phenoxy) is 3. The summed E-state index contributed by atoms with van der Waals surface area (Å²) in [7, 11) is 1.13. The molecular weight excluding hydrogens is 717 g/mol. The van der Waals surface area contributed by atoms with E-state index in [0.717, 1.165) is 83.5 Å². The van der Waals surface area contributed by atoms with E-state index in [1.54, 1.807) is 0 Å². The molecule has 3 unspecified atom stereocenters. The van der Waals surface area contributed by atoms with E-state index in [1.807, 2.05) is 21.1 Å². The van der Waals surface area contributed by atoms with Gasteiger partial charge in [0.25, 0.3) is 7.82 Å². The van der Waals surface area contributed by atoms with Crippen LogP contribution in [0.3, 0.4) is 0 Å². The first-order chi connectivity index (χ1) is 26.5.